The monoisotopic (exact) mass is 251 g/mol. The van der Waals surface area contributed by atoms with E-state index in [2.05, 4.69) is 38.3 Å². The summed E-state index contributed by atoms with van der Waals surface area (Å²) in [4.78, 5) is 11.6. The van der Waals surface area contributed by atoms with Gasteiger partial charge in [0, 0.05) is 11.4 Å². The molecule has 0 aliphatic rings. The Kier molecular flexibility index (Phi) is 5.45. The number of nitrogens with zero attached hydrogens (tertiary/aromatic N) is 1. The van der Waals surface area contributed by atoms with Crippen LogP contribution in [0, 0.1) is 12.8 Å². The first kappa shape index (κ1) is 14.8. The summed E-state index contributed by atoms with van der Waals surface area (Å²) >= 11 is 0. The molecule has 18 heavy (non-hydrogen) atoms. The van der Waals surface area contributed by atoms with Crippen molar-refractivity contribution >= 4 is 5.97 Å². The van der Waals surface area contributed by atoms with Crippen molar-refractivity contribution in [3.63, 3.8) is 0 Å². The Morgan fingerprint density at radius 3 is 2.56 bits per heavy atom. The van der Waals surface area contributed by atoms with Gasteiger partial charge < -0.3 is 9.30 Å². The second-order valence-corrected chi connectivity index (χ2v) is 5.10. The lowest BCUT2D eigenvalue weighted by Crippen LogP contribution is -2.16. The minimum Gasteiger partial charge on any atom is -0.465 e. The Morgan fingerprint density at radius 1 is 1.39 bits per heavy atom. The van der Waals surface area contributed by atoms with Crippen LogP contribution >= 0.6 is 0 Å². The second kappa shape index (κ2) is 6.62. The van der Waals surface area contributed by atoms with E-state index in [4.69, 9.17) is 4.74 Å². The van der Waals surface area contributed by atoms with Crippen LogP contribution in [0.2, 0.25) is 0 Å². The fourth-order valence-electron chi connectivity index (χ4n) is 2.39. The molecule has 0 bridgehead atoms. The van der Waals surface area contributed by atoms with Crippen molar-refractivity contribution in [2.24, 2.45) is 5.92 Å². The zero-order chi connectivity index (χ0) is 13.7. The Morgan fingerprint density at radius 2 is 2.06 bits per heavy atom. The second-order valence-electron chi connectivity index (χ2n) is 5.10. The van der Waals surface area contributed by atoms with E-state index >= 15 is 0 Å². The molecule has 0 aliphatic carbocycles. The number of hydrogen-bond donors (Lipinski definition) is 0. The van der Waals surface area contributed by atoms with E-state index in [0.29, 0.717) is 19.1 Å². The van der Waals surface area contributed by atoms with Crippen LogP contribution in [0.5, 0.6) is 0 Å². The lowest BCUT2D eigenvalue weighted by Gasteiger charge is -2.12. The summed E-state index contributed by atoms with van der Waals surface area (Å²) in [5.41, 5.74) is 3.79. The highest BCUT2D eigenvalue weighted by Crippen LogP contribution is 2.20. The van der Waals surface area contributed by atoms with Crippen LogP contribution in [0.25, 0.3) is 0 Å². The topological polar surface area (TPSA) is 31.2 Å². The van der Waals surface area contributed by atoms with Crippen molar-refractivity contribution < 1.29 is 9.53 Å². The molecule has 3 heteroatoms. The summed E-state index contributed by atoms with van der Waals surface area (Å²) in [6.45, 7) is 11.3. The van der Waals surface area contributed by atoms with Crippen LogP contribution in [0.1, 0.15) is 44.6 Å². The van der Waals surface area contributed by atoms with Crippen molar-refractivity contribution in [1.82, 2.24) is 4.57 Å². The molecule has 0 aliphatic heterocycles. The van der Waals surface area contributed by atoms with Crippen LogP contribution in [-0.2, 0) is 28.9 Å². The number of ether oxygens (including phenoxy) is 1. The smallest absolute Gasteiger partial charge is 0.325 e. The molecule has 0 saturated carbocycles. The molecule has 1 aromatic rings. The van der Waals surface area contributed by atoms with E-state index in [0.717, 1.165) is 18.5 Å². The zero-order valence-electron chi connectivity index (χ0n) is 12.2. The molecule has 0 atom stereocenters. The summed E-state index contributed by atoms with van der Waals surface area (Å²) in [6, 6.07) is 2.21. The van der Waals surface area contributed by atoms with E-state index in [1.165, 1.54) is 11.3 Å². The summed E-state index contributed by atoms with van der Waals surface area (Å²) in [7, 11) is 0. The minimum absolute atomic E-state index is 0.151. The van der Waals surface area contributed by atoms with Gasteiger partial charge >= 0.3 is 5.97 Å². The highest BCUT2D eigenvalue weighted by molar-refractivity contribution is 5.69. The Labute approximate surface area is 110 Å². The van der Waals surface area contributed by atoms with Gasteiger partial charge in [-0.25, -0.2) is 0 Å². The maximum absolute atomic E-state index is 11.6. The fraction of sp³-hybridized carbons (Fsp3) is 0.667. The van der Waals surface area contributed by atoms with Crippen molar-refractivity contribution in [2.75, 3.05) is 6.61 Å². The van der Waals surface area contributed by atoms with E-state index < -0.39 is 0 Å². The first-order valence-corrected chi connectivity index (χ1v) is 6.83. The predicted octanol–water partition coefficient (Wildman–Crippen LogP) is 3.12. The van der Waals surface area contributed by atoms with E-state index in [9.17, 15) is 4.79 Å². The van der Waals surface area contributed by atoms with Crippen LogP contribution in [0.15, 0.2) is 6.07 Å². The Hall–Kier alpha value is -1.25. The van der Waals surface area contributed by atoms with Gasteiger partial charge in [-0.2, -0.15) is 0 Å². The highest BCUT2D eigenvalue weighted by atomic mass is 16.5. The molecule has 0 spiro atoms. The van der Waals surface area contributed by atoms with Gasteiger partial charge in [0.15, 0.2) is 0 Å². The van der Waals surface area contributed by atoms with Gasteiger partial charge in [0.05, 0.1) is 6.61 Å². The molecule has 1 heterocycles. The summed E-state index contributed by atoms with van der Waals surface area (Å²) in [5.74, 6) is 0.482. The molecular formula is C15H25NO2. The van der Waals surface area contributed by atoms with Gasteiger partial charge in [0.2, 0.25) is 0 Å². The molecule has 3 nitrogen and oxygen atoms in total. The fourth-order valence-corrected chi connectivity index (χ4v) is 2.39. The lowest BCUT2D eigenvalue weighted by molar-refractivity contribution is -0.143. The van der Waals surface area contributed by atoms with E-state index in [1.807, 2.05) is 6.92 Å². The third-order valence-electron chi connectivity index (χ3n) is 3.06. The van der Waals surface area contributed by atoms with Gasteiger partial charge in [-0.1, -0.05) is 20.8 Å². The summed E-state index contributed by atoms with van der Waals surface area (Å²) in [6.07, 6.45) is 2.02. The van der Waals surface area contributed by atoms with Crippen LogP contribution < -0.4 is 0 Å². The third-order valence-corrected chi connectivity index (χ3v) is 3.06. The number of carbonyl (C=O) groups excluding carboxylic acids is 1. The molecular weight excluding hydrogens is 226 g/mol. The van der Waals surface area contributed by atoms with Crippen LogP contribution in [0.4, 0.5) is 0 Å². The molecule has 0 radical (unpaired) electrons. The number of esters is 1. The number of aryl methyl sites for hydroxylation is 1. The number of rotatable bonds is 6. The predicted molar refractivity (Wildman–Crippen MR) is 73.7 cm³/mol. The summed E-state index contributed by atoms with van der Waals surface area (Å²) in [5, 5.41) is 0. The molecule has 0 fully saturated rings. The van der Waals surface area contributed by atoms with Crippen LogP contribution in [-0.4, -0.2) is 17.1 Å². The Balaban J connectivity index is 2.96. The molecule has 0 unspecified atom stereocenters. The molecule has 0 N–H and O–H groups in total. The first-order chi connectivity index (χ1) is 8.49. The van der Waals surface area contributed by atoms with Gasteiger partial charge in [-0.05, 0) is 44.2 Å². The van der Waals surface area contributed by atoms with Crippen molar-refractivity contribution in [3.8, 4) is 0 Å². The normalized spacial score (nSPS) is 11.0. The largest absolute Gasteiger partial charge is 0.465 e. The van der Waals surface area contributed by atoms with Crippen molar-refractivity contribution in [2.45, 2.75) is 54.0 Å². The standard InChI is InChI=1S/C15H25NO2/c1-6-14-13(8-11(3)4)9-12(5)16(14)10-15(17)18-7-2/h9,11H,6-8,10H2,1-5H3. The van der Waals surface area contributed by atoms with Gasteiger partial charge in [0.1, 0.15) is 6.54 Å². The maximum atomic E-state index is 11.6. The van der Waals surface area contributed by atoms with Crippen molar-refractivity contribution in [1.29, 1.82) is 0 Å². The van der Waals surface area contributed by atoms with Crippen molar-refractivity contribution in [3.05, 3.63) is 23.0 Å². The first-order valence-electron chi connectivity index (χ1n) is 6.83. The molecule has 1 rings (SSSR count). The highest BCUT2D eigenvalue weighted by Gasteiger charge is 2.15. The third kappa shape index (κ3) is 3.62. The molecule has 102 valence electrons. The molecule has 0 saturated heterocycles. The quantitative estimate of drug-likeness (QED) is 0.727. The van der Waals surface area contributed by atoms with Gasteiger partial charge in [-0.15, -0.1) is 0 Å². The van der Waals surface area contributed by atoms with E-state index in [1.54, 1.807) is 0 Å². The van der Waals surface area contributed by atoms with Gasteiger partial charge in [-0.3, -0.25) is 4.79 Å². The zero-order valence-corrected chi connectivity index (χ0v) is 12.2. The maximum Gasteiger partial charge on any atom is 0.325 e. The van der Waals surface area contributed by atoms with E-state index in [-0.39, 0.29) is 5.97 Å². The number of aromatic nitrogens is 1. The molecule has 0 amide bonds. The molecule has 0 aromatic carbocycles. The summed E-state index contributed by atoms with van der Waals surface area (Å²) < 4.78 is 7.12. The average molecular weight is 251 g/mol. The average Bonchev–Trinajstić information content (AvgIpc) is 2.54. The SMILES string of the molecule is CCOC(=O)Cn1c(C)cc(CC(C)C)c1CC. The lowest BCUT2D eigenvalue weighted by atomic mass is 10.0. The number of hydrogen-bond acceptors (Lipinski definition) is 2. The Bertz CT molecular complexity index is 405. The number of carbonyl (C=O) groups is 1. The van der Waals surface area contributed by atoms with Crippen LogP contribution in [0.3, 0.4) is 0 Å². The van der Waals surface area contributed by atoms with Gasteiger partial charge in [0.25, 0.3) is 0 Å². The minimum atomic E-state index is -0.151. The molecule has 1 aromatic heterocycles.